The second-order valence-corrected chi connectivity index (χ2v) is 9.04. The second-order valence-electron chi connectivity index (χ2n) is 7.78. The standard InChI is InChI=1S/C22H27N5O4S/c1-14-25-17-4-2-3-5-18(17)27(14)13-16-7-6-15(32-16)12-24-21(30)19(28)20(29)22(31)26-10-8-23-9-11-26/h2-7,19-20,23,28-29H,8-13H2,1H3,(H,24,30). The highest BCUT2D eigenvalue weighted by Crippen LogP contribution is 2.22. The smallest absolute Gasteiger partial charge is 0.254 e. The summed E-state index contributed by atoms with van der Waals surface area (Å²) in [5.74, 6) is -0.469. The Morgan fingerprint density at radius 2 is 1.84 bits per heavy atom. The van der Waals surface area contributed by atoms with Crippen LogP contribution in [-0.4, -0.2) is 74.9 Å². The van der Waals surface area contributed by atoms with E-state index in [1.165, 1.54) is 4.90 Å². The van der Waals surface area contributed by atoms with Crippen molar-refractivity contribution in [3.05, 3.63) is 52.0 Å². The average Bonchev–Trinajstić information content (AvgIpc) is 3.40. The number of rotatable bonds is 7. The molecule has 0 radical (unpaired) electrons. The topological polar surface area (TPSA) is 120 Å². The molecule has 2 unspecified atom stereocenters. The van der Waals surface area contributed by atoms with Crippen LogP contribution >= 0.6 is 11.3 Å². The zero-order valence-electron chi connectivity index (χ0n) is 17.8. The number of benzene rings is 1. The summed E-state index contributed by atoms with van der Waals surface area (Å²) < 4.78 is 2.14. The number of nitrogens with one attached hydrogen (secondary N) is 2. The van der Waals surface area contributed by atoms with Gasteiger partial charge in [0.25, 0.3) is 11.8 Å². The molecule has 10 heteroatoms. The van der Waals surface area contributed by atoms with Crippen LogP contribution in [-0.2, 0) is 22.7 Å². The lowest BCUT2D eigenvalue weighted by Gasteiger charge is -2.30. The number of fused-ring (bicyclic) bond motifs is 1. The fraction of sp³-hybridized carbons (Fsp3) is 0.409. The fourth-order valence-corrected chi connectivity index (χ4v) is 4.73. The van der Waals surface area contributed by atoms with Crippen LogP contribution in [0, 0.1) is 6.92 Å². The highest BCUT2D eigenvalue weighted by atomic mass is 32.1. The lowest BCUT2D eigenvalue weighted by Crippen LogP contribution is -2.54. The van der Waals surface area contributed by atoms with Crippen molar-refractivity contribution in [3.8, 4) is 0 Å². The van der Waals surface area contributed by atoms with Crippen LogP contribution < -0.4 is 10.6 Å². The van der Waals surface area contributed by atoms with Gasteiger partial charge in [-0.1, -0.05) is 12.1 Å². The van der Waals surface area contributed by atoms with E-state index in [-0.39, 0.29) is 6.54 Å². The van der Waals surface area contributed by atoms with Gasteiger partial charge in [-0.25, -0.2) is 4.98 Å². The molecule has 4 N–H and O–H groups in total. The molecule has 2 atom stereocenters. The van der Waals surface area contributed by atoms with Crippen LogP contribution in [0.25, 0.3) is 11.0 Å². The minimum absolute atomic E-state index is 0.207. The van der Waals surface area contributed by atoms with Crippen LogP contribution in [0.1, 0.15) is 15.6 Å². The number of carbonyl (C=O) groups excluding carboxylic acids is 2. The quantitative estimate of drug-likeness (QED) is 0.403. The number of hydrogen-bond acceptors (Lipinski definition) is 7. The number of nitrogens with zero attached hydrogens (tertiary/aromatic N) is 3. The van der Waals surface area contributed by atoms with Gasteiger partial charge >= 0.3 is 0 Å². The van der Waals surface area contributed by atoms with Crippen LogP contribution in [0.3, 0.4) is 0 Å². The Hall–Kier alpha value is -2.79. The van der Waals surface area contributed by atoms with E-state index in [4.69, 9.17) is 0 Å². The molecule has 4 rings (SSSR count). The zero-order chi connectivity index (χ0) is 22.7. The number of imidazole rings is 1. The molecule has 170 valence electrons. The van der Waals surface area contributed by atoms with E-state index >= 15 is 0 Å². The number of para-hydroxylation sites is 2. The molecule has 0 bridgehead atoms. The number of thiophene rings is 1. The molecule has 1 aliphatic heterocycles. The molecule has 3 heterocycles. The van der Waals surface area contributed by atoms with Gasteiger partial charge in [0.2, 0.25) is 0 Å². The maximum Gasteiger partial charge on any atom is 0.254 e. The molecule has 0 spiro atoms. The number of carbonyl (C=O) groups is 2. The van der Waals surface area contributed by atoms with Gasteiger partial charge in [-0.15, -0.1) is 11.3 Å². The summed E-state index contributed by atoms with van der Waals surface area (Å²) in [5.41, 5.74) is 2.02. The first-order valence-corrected chi connectivity index (χ1v) is 11.4. The summed E-state index contributed by atoms with van der Waals surface area (Å²) in [4.78, 5) is 32.6. The van der Waals surface area contributed by atoms with Crippen molar-refractivity contribution < 1.29 is 19.8 Å². The number of aliphatic hydroxyl groups is 2. The third-order valence-corrected chi connectivity index (χ3v) is 6.63. The Balaban J connectivity index is 1.33. The van der Waals surface area contributed by atoms with Crippen LogP contribution in [0.5, 0.6) is 0 Å². The molecular weight excluding hydrogens is 430 g/mol. The molecule has 9 nitrogen and oxygen atoms in total. The largest absolute Gasteiger partial charge is 0.380 e. The first kappa shape index (κ1) is 22.4. The van der Waals surface area contributed by atoms with Crippen molar-refractivity contribution in [2.75, 3.05) is 26.2 Å². The highest BCUT2D eigenvalue weighted by molar-refractivity contribution is 7.11. The summed E-state index contributed by atoms with van der Waals surface area (Å²) in [7, 11) is 0. The predicted octanol–water partition coefficient (Wildman–Crippen LogP) is 0.224. The van der Waals surface area contributed by atoms with Gasteiger partial charge in [0.15, 0.2) is 12.2 Å². The SMILES string of the molecule is Cc1nc2ccccc2n1Cc1ccc(CNC(=O)C(O)C(O)C(=O)N2CCNCC2)s1. The van der Waals surface area contributed by atoms with Gasteiger partial charge in [0.1, 0.15) is 5.82 Å². The number of aliphatic hydroxyl groups excluding tert-OH is 2. The van der Waals surface area contributed by atoms with Crippen LogP contribution in [0.2, 0.25) is 0 Å². The first-order chi connectivity index (χ1) is 15.4. The van der Waals surface area contributed by atoms with Crippen molar-refractivity contribution in [2.24, 2.45) is 0 Å². The van der Waals surface area contributed by atoms with Gasteiger partial charge in [-0.3, -0.25) is 9.59 Å². The summed E-state index contributed by atoms with van der Waals surface area (Å²) in [6, 6.07) is 11.9. The third-order valence-electron chi connectivity index (χ3n) is 5.56. The van der Waals surface area contributed by atoms with Gasteiger partial charge in [-0.2, -0.15) is 0 Å². The van der Waals surface area contributed by atoms with Gasteiger partial charge in [-0.05, 0) is 31.2 Å². The molecule has 32 heavy (non-hydrogen) atoms. The van der Waals surface area contributed by atoms with Gasteiger partial charge in [0, 0.05) is 35.9 Å². The highest BCUT2D eigenvalue weighted by Gasteiger charge is 2.33. The van der Waals surface area contributed by atoms with Crippen molar-refractivity contribution in [1.82, 2.24) is 25.1 Å². The Morgan fingerprint density at radius 3 is 2.62 bits per heavy atom. The first-order valence-electron chi connectivity index (χ1n) is 10.6. The minimum Gasteiger partial charge on any atom is -0.380 e. The number of aromatic nitrogens is 2. The molecule has 2 amide bonds. The van der Waals surface area contributed by atoms with E-state index in [1.54, 1.807) is 11.3 Å². The Bertz CT molecular complexity index is 1100. The molecule has 0 saturated carbocycles. The van der Waals surface area contributed by atoms with Crippen LogP contribution in [0.4, 0.5) is 0 Å². The molecule has 1 aliphatic rings. The molecule has 1 fully saturated rings. The van der Waals surface area contributed by atoms with E-state index in [0.29, 0.717) is 32.7 Å². The minimum atomic E-state index is -1.81. The maximum absolute atomic E-state index is 12.3. The van der Waals surface area contributed by atoms with Crippen molar-refractivity contribution in [1.29, 1.82) is 0 Å². The van der Waals surface area contributed by atoms with E-state index in [9.17, 15) is 19.8 Å². The second kappa shape index (κ2) is 9.78. The monoisotopic (exact) mass is 457 g/mol. The Kier molecular flexibility index (Phi) is 6.85. The normalized spacial score (nSPS) is 16.2. The molecule has 2 aromatic heterocycles. The van der Waals surface area contributed by atoms with Crippen molar-refractivity contribution in [3.63, 3.8) is 0 Å². The number of aryl methyl sites for hydroxylation is 1. The Morgan fingerprint density at radius 1 is 1.12 bits per heavy atom. The number of piperazine rings is 1. The number of hydrogen-bond donors (Lipinski definition) is 4. The lowest BCUT2D eigenvalue weighted by molar-refractivity contribution is -0.153. The van der Waals surface area contributed by atoms with E-state index < -0.39 is 24.0 Å². The van der Waals surface area contributed by atoms with Gasteiger partial charge in [0.05, 0.1) is 24.1 Å². The fourth-order valence-electron chi connectivity index (χ4n) is 3.78. The van der Waals surface area contributed by atoms with Crippen LogP contribution in [0.15, 0.2) is 36.4 Å². The number of amides is 2. The maximum atomic E-state index is 12.3. The molecule has 3 aromatic rings. The summed E-state index contributed by atoms with van der Waals surface area (Å²) in [6.45, 7) is 4.97. The molecule has 0 aliphatic carbocycles. The summed E-state index contributed by atoms with van der Waals surface area (Å²) in [6.07, 6.45) is -3.58. The molecular formula is C22H27N5O4S. The average molecular weight is 458 g/mol. The summed E-state index contributed by atoms with van der Waals surface area (Å²) in [5, 5.41) is 26.0. The zero-order valence-corrected chi connectivity index (χ0v) is 18.6. The van der Waals surface area contributed by atoms with Crippen molar-refractivity contribution >= 4 is 34.2 Å². The van der Waals surface area contributed by atoms with E-state index in [2.05, 4.69) is 20.2 Å². The van der Waals surface area contributed by atoms with E-state index in [1.807, 2.05) is 43.3 Å². The third kappa shape index (κ3) is 4.83. The summed E-state index contributed by atoms with van der Waals surface area (Å²) >= 11 is 1.55. The molecule has 1 saturated heterocycles. The Labute approximate surface area is 189 Å². The predicted molar refractivity (Wildman–Crippen MR) is 121 cm³/mol. The van der Waals surface area contributed by atoms with E-state index in [0.717, 1.165) is 26.6 Å². The van der Waals surface area contributed by atoms with Crippen molar-refractivity contribution in [2.45, 2.75) is 32.2 Å². The molecule has 1 aromatic carbocycles. The lowest BCUT2D eigenvalue weighted by atomic mass is 10.1. The van der Waals surface area contributed by atoms with Gasteiger partial charge < -0.3 is 30.3 Å².